The Morgan fingerprint density at radius 1 is 1.07 bits per heavy atom. The summed E-state index contributed by atoms with van der Waals surface area (Å²) in [6, 6.07) is 6.72. The van der Waals surface area contributed by atoms with Crippen LogP contribution in [0.25, 0.3) is 0 Å². The minimum atomic E-state index is -1.11. The molecular weight excluding hydrogens is 374 g/mol. The number of thioether (sulfide) groups is 1. The van der Waals surface area contributed by atoms with Gasteiger partial charge in [0.2, 0.25) is 0 Å². The van der Waals surface area contributed by atoms with Crippen molar-refractivity contribution in [1.29, 1.82) is 0 Å². The van der Waals surface area contributed by atoms with Crippen LogP contribution in [0.3, 0.4) is 0 Å². The Morgan fingerprint density at radius 3 is 2.46 bits per heavy atom. The Labute approximate surface area is 169 Å². The van der Waals surface area contributed by atoms with E-state index in [0.29, 0.717) is 5.75 Å². The van der Waals surface area contributed by atoms with Crippen molar-refractivity contribution in [3.8, 4) is 0 Å². The Morgan fingerprint density at radius 2 is 1.75 bits per heavy atom. The lowest BCUT2D eigenvalue weighted by atomic mass is 9.75. The first kappa shape index (κ1) is 18.0. The molecule has 0 bridgehead atoms. The zero-order valence-corrected chi connectivity index (χ0v) is 17.3. The van der Waals surface area contributed by atoms with Crippen LogP contribution < -0.4 is 4.90 Å². The van der Waals surface area contributed by atoms with Gasteiger partial charge >= 0.3 is 6.03 Å². The monoisotopic (exact) mass is 399 g/mol. The predicted octanol–water partition coefficient (Wildman–Crippen LogP) is 3.16. The largest absolute Gasteiger partial charge is 0.329 e. The number of hydrogen-bond acceptors (Lipinski definition) is 4. The zero-order valence-electron chi connectivity index (χ0n) is 16.5. The number of imide groups is 1. The third-order valence-electron chi connectivity index (χ3n) is 6.93. The SMILES string of the molecule is CN1C(=O)[C@]2(SC[C@H]3C(=O)N(C4CCC(C)(C)CC4)C(=O)N32)c2ccccc21. The third kappa shape index (κ3) is 2.14. The van der Waals surface area contributed by atoms with E-state index in [0.717, 1.165) is 36.9 Å². The van der Waals surface area contributed by atoms with Crippen molar-refractivity contribution in [2.45, 2.75) is 56.5 Å². The predicted molar refractivity (Wildman–Crippen MR) is 108 cm³/mol. The van der Waals surface area contributed by atoms with Gasteiger partial charge in [0.25, 0.3) is 11.8 Å². The summed E-state index contributed by atoms with van der Waals surface area (Å²) in [5, 5.41) is 0. The van der Waals surface area contributed by atoms with Gasteiger partial charge in [0.1, 0.15) is 6.04 Å². The average molecular weight is 400 g/mol. The number of likely N-dealkylation sites (N-methyl/N-ethyl adjacent to an activating group) is 1. The molecule has 4 amide bonds. The lowest BCUT2D eigenvalue weighted by molar-refractivity contribution is -0.130. The molecule has 2 saturated heterocycles. The number of fused-ring (bicyclic) bond motifs is 4. The number of anilines is 1. The number of rotatable bonds is 1. The quantitative estimate of drug-likeness (QED) is 0.681. The Kier molecular flexibility index (Phi) is 3.70. The van der Waals surface area contributed by atoms with Gasteiger partial charge in [-0.25, -0.2) is 4.79 Å². The highest BCUT2D eigenvalue weighted by atomic mass is 32.2. The standard InChI is InChI=1S/C21H25N3O3S/c1-20(2)10-8-13(9-11-20)23-17(25)16-12-28-21(24(16)19(23)27)14-6-4-5-7-15(14)22(3)18(21)26/h4-7,13,16H,8-12H2,1-3H3/t16-,21+/m0/s1. The molecule has 0 unspecified atom stereocenters. The molecule has 0 aromatic heterocycles. The van der Waals surface area contributed by atoms with Crippen molar-refractivity contribution in [3.63, 3.8) is 0 Å². The van der Waals surface area contributed by atoms with Gasteiger partial charge in [-0.05, 0) is 37.2 Å². The molecule has 3 fully saturated rings. The van der Waals surface area contributed by atoms with Crippen molar-refractivity contribution in [3.05, 3.63) is 29.8 Å². The van der Waals surface area contributed by atoms with E-state index in [1.54, 1.807) is 16.8 Å². The van der Waals surface area contributed by atoms with Gasteiger partial charge < -0.3 is 4.90 Å². The van der Waals surface area contributed by atoms with Gasteiger partial charge in [-0.15, -0.1) is 11.8 Å². The molecule has 0 N–H and O–H groups in total. The first-order valence-corrected chi connectivity index (χ1v) is 10.9. The van der Waals surface area contributed by atoms with E-state index >= 15 is 0 Å². The van der Waals surface area contributed by atoms with Crippen molar-refractivity contribution in [1.82, 2.24) is 9.80 Å². The van der Waals surface area contributed by atoms with E-state index in [1.807, 2.05) is 24.3 Å². The second kappa shape index (κ2) is 5.75. The molecule has 3 heterocycles. The molecule has 6 nitrogen and oxygen atoms in total. The van der Waals surface area contributed by atoms with E-state index in [-0.39, 0.29) is 29.3 Å². The number of carbonyl (C=O) groups is 3. The molecular formula is C21H25N3O3S. The molecule has 148 valence electrons. The van der Waals surface area contributed by atoms with E-state index in [9.17, 15) is 14.4 Å². The van der Waals surface area contributed by atoms with Crippen LogP contribution in [0.1, 0.15) is 45.1 Å². The smallest absolute Gasteiger partial charge is 0.312 e. The minimum absolute atomic E-state index is 0.0508. The number of urea groups is 1. The number of nitrogens with zero attached hydrogens (tertiary/aromatic N) is 3. The normalized spacial score (nSPS) is 31.9. The van der Waals surface area contributed by atoms with E-state index in [4.69, 9.17) is 0 Å². The molecule has 4 aliphatic rings. The van der Waals surface area contributed by atoms with Crippen LogP contribution >= 0.6 is 11.8 Å². The molecule has 7 heteroatoms. The summed E-state index contributed by atoms with van der Waals surface area (Å²) in [6.45, 7) is 4.48. The number of benzene rings is 1. The van der Waals surface area contributed by atoms with Crippen molar-refractivity contribution in [2.75, 3.05) is 17.7 Å². The Bertz CT molecular complexity index is 891. The highest BCUT2D eigenvalue weighted by Crippen LogP contribution is 2.57. The summed E-state index contributed by atoms with van der Waals surface area (Å²) in [4.78, 5) is 43.7. The fraction of sp³-hybridized carbons (Fsp3) is 0.571. The van der Waals surface area contributed by atoms with E-state index in [2.05, 4.69) is 13.8 Å². The molecule has 0 radical (unpaired) electrons. The summed E-state index contributed by atoms with van der Waals surface area (Å²) >= 11 is 1.42. The molecule has 3 aliphatic heterocycles. The zero-order chi connectivity index (χ0) is 19.8. The highest BCUT2D eigenvalue weighted by Gasteiger charge is 2.67. The summed E-state index contributed by atoms with van der Waals surface area (Å²) in [5.41, 5.74) is 1.90. The highest BCUT2D eigenvalue weighted by molar-refractivity contribution is 8.01. The number of hydrogen-bond donors (Lipinski definition) is 0. The minimum Gasteiger partial charge on any atom is -0.312 e. The summed E-state index contributed by atoms with van der Waals surface area (Å²) in [6.07, 6.45) is 3.69. The Balaban J connectivity index is 1.53. The van der Waals surface area contributed by atoms with Crippen LogP contribution in [-0.4, -0.2) is 52.5 Å². The van der Waals surface area contributed by atoms with Crippen LogP contribution in [0.15, 0.2) is 24.3 Å². The molecule has 5 rings (SSSR count). The van der Waals surface area contributed by atoms with Crippen molar-refractivity contribution in [2.24, 2.45) is 5.41 Å². The molecule has 1 aromatic carbocycles. The lowest BCUT2D eigenvalue weighted by Gasteiger charge is -2.38. The summed E-state index contributed by atoms with van der Waals surface area (Å²) < 4.78 is 0. The number of carbonyl (C=O) groups excluding carboxylic acids is 3. The summed E-state index contributed by atoms with van der Waals surface area (Å²) in [7, 11) is 1.74. The van der Waals surface area contributed by atoms with E-state index < -0.39 is 10.9 Å². The molecule has 1 spiro atoms. The number of para-hydroxylation sites is 1. The van der Waals surface area contributed by atoms with E-state index in [1.165, 1.54) is 16.7 Å². The second-order valence-electron chi connectivity index (χ2n) is 9.11. The molecule has 1 saturated carbocycles. The van der Waals surface area contributed by atoms with Crippen LogP contribution in [0.5, 0.6) is 0 Å². The third-order valence-corrected chi connectivity index (χ3v) is 8.43. The maximum Gasteiger partial charge on any atom is 0.329 e. The van der Waals surface area contributed by atoms with Crippen molar-refractivity contribution < 1.29 is 14.4 Å². The topological polar surface area (TPSA) is 60.9 Å². The van der Waals surface area contributed by atoms with Crippen molar-refractivity contribution >= 4 is 35.3 Å². The van der Waals surface area contributed by atoms with Gasteiger partial charge in [0, 0.05) is 24.4 Å². The molecule has 1 aliphatic carbocycles. The first-order chi connectivity index (χ1) is 13.3. The van der Waals surface area contributed by atoms with Gasteiger partial charge in [-0.3, -0.25) is 19.4 Å². The van der Waals surface area contributed by atoms with Gasteiger partial charge in [0.15, 0.2) is 4.87 Å². The van der Waals surface area contributed by atoms with Gasteiger partial charge in [-0.2, -0.15) is 0 Å². The lowest BCUT2D eigenvalue weighted by Crippen LogP contribution is -2.52. The van der Waals surface area contributed by atoms with Crippen LogP contribution in [-0.2, 0) is 14.5 Å². The fourth-order valence-corrected chi connectivity index (χ4v) is 6.86. The maximum atomic E-state index is 13.5. The second-order valence-corrected chi connectivity index (χ2v) is 10.3. The average Bonchev–Trinajstić information content (AvgIpc) is 3.25. The number of amides is 4. The van der Waals surface area contributed by atoms with Crippen LogP contribution in [0, 0.1) is 5.41 Å². The molecule has 2 atom stereocenters. The fourth-order valence-electron chi connectivity index (χ4n) is 5.24. The van der Waals surface area contributed by atoms with Crippen LogP contribution in [0.2, 0.25) is 0 Å². The summed E-state index contributed by atoms with van der Waals surface area (Å²) in [5.74, 6) is 0.209. The van der Waals surface area contributed by atoms with Gasteiger partial charge in [-0.1, -0.05) is 32.0 Å². The first-order valence-electron chi connectivity index (χ1n) is 9.96. The molecule has 1 aromatic rings. The van der Waals surface area contributed by atoms with Crippen LogP contribution in [0.4, 0.5) is 10.5 Å². The maximum absolute atomic E-state index is 13.5. The Hall–Kier alpha value is -2.02. The van der Waals surface area contributed by atoms with Gasteiger partial charge in [0.05, 0.1) is 5.69 Å². The molecule has 28 heavy (non-hydrogen) atoms.